The lowest BCUT2D eigenvalue weighted by molar-refractivity contribution is -0.131. The number of likely N-dealkylation sites (tertiary alicyclic amines) is 1. The van der Waals surface area contributed by atoms with Crippen LogP contribution in [0.5, 0.6) is 0 Å². The van der Waals surface area contributed by atoms with Crippen molar-refractivity contribution in [3.63, 3.8) is 0 Å². The lowest BCUT2D eigenvalue weighted by Crippen LogP contribution is -2.60. The maximum Gasteiger partial charge on any atom is 0.430 e. The number of nitrogens with one attached hydrogen (secondary N) is 1. The molecule has 42 heavy (non-hydrogen) atoms. The second-order valence-electron chi connectivity index (χ2n) is 11.1. The van der Waals surface area contributed by atoms with Gasteiger partial charge in [-0.3, -0.25) is 4.90 Å². The highest BCUT2D eigenvalue weighted by molar-refractivity contribution is 7.93. The van der Waals surface area contributed by atoms with E-state index in [2.05, 4.69) is 15.2 Å². The maximum absolute atomic E-state index is 15.3. The molecule has 14 heteroatoms. The molecule has 1 amide bonds. The maximum atomic E-state index is 15.3. The van der Waals surface area contributed by atoms with E-state index in [1.165, 1.54) is 37.7 Å². The number of carbonyl (C=O) groups is 1. The molecule has 1 aromatic heterocycles. The number of hydrogen-bond acceptors (Lipinski definition) is 9. The Balaban J connectivity index is 1.56. The number of aromatic nitrogens is 1. The summed E-state index contributed by atoms with van der Waals surface area (Å²) in [5.74, 6) is -3.77. The lowest BCUT2D eigenvalue weighted by atomic mass is 9.94. The summed E-state index contributed by atoms with van der Waals surface area (Å²) in [5, 5.41) is 4.02. The molecule has 0 aliphatic carbocycles. The lowest BCUT2D eigenvalue weighted by Gasteiger charge is -2.47. The normalized spacial score (nSPS) is 15.2. The minimum atomic E-state index is -5.13. The van der Waals surface area contributed by atoms with Crippen molar-refractivity contribution in [3.8, 4) is 0 Å². The van der Waals surface area contributed by atoms with E-state index in [1.807, 2.05) is 13.8 Å². The third-order valence-corrected chi connectivity index (χ3v) is 8.67. The van der Waals surface area contributed by atoms with E-state index in [4.69, 9.17) is 9.47 Å². The second kappa shape index (κ2) is 12.2. The standard InChI is InChI=1S/C28H33F3N4O5S2/c1-6-39-28(5)15-34(16-28)13-18-8-7-9-21(29)20(18)12-32-19-10-22(30)25(23(31)11-19)42(37,38)35(24-14-41-17-33-24)26(36)40-27(2,3)4/h7-11,14,17,32H,6,12-13,15-16H2,1-5H3. The first-order chi connectivity index (χ1) is 19.6. The molecule has 0 bridgehead atoms. The summed E-state index contributed by atoms with van der Waals surface area (Å²) in [5.41, 5.74) is 0.783. The number of sulfonamides is 1. The summed E-state index contributed by atoms with van der Waals surface area (Å²) in [6.45, 7) is 10.8. The van der Waals surface area contributed by atoms with Gasteiger partial charge in [-0.05, 0) is 58.4 Å². The molecule has 0 atom stereocenters. The van der Waals surface area contributed by atoms with E-state index in [-0.39, 0.29) is 28.0 Å². The van der Waals surface area contributed by atoms with E-state index in [1.54, 1.807) is 12.1 Å². The summed E-state index contributed by atoms with van der Waals surface area (Å²) in [7, 11) is -5.13. The van der Waals surface area contributed by atoms with Crippen LogP contribution in [0.4, 0.5) is 29.5 Å². The molecule has 1 fully saturated rings. The van der Waals surface area contributed by atoms with E-state index < -0.39 is 44.1 Å². The monoisotopic (exact) mass is 626 g/mol. The first-order valence-corrected chi connectivity index (χ1v) is 15.5. The van der Waals surface area contributed by atoms with Crippen LogP contribution >= 0.6 is 11.3 Å². The van der Waals surface area contributed by atoms with Crippen molar-refractivity contribution in [2.45, 2.75) is 63.8 Å². The fraction of sp³-hybridized carbons (Fsp3) is 0.429. The van der Waals surface area contributed by atoms with Gasteiger partial charge in [0, 0.05) is 49.4 Å². The molecule has 2 heterocycles. The average Bonchev–Trinajstić information content (AvgIpc) is 3.35. The van der Waals surface area contributed by atoms with Crippen molar-refractivity contribution < 1.29 is 35.9 Å². The van der Waals surface area contributed by atoms with Gasteiger partial charge >= 0.3 is 6.09 Å². The molecule has 0 spiro atoms. The molecule has 1 aliphatic rings. The first-order valence-electron chi connectivity index (χ1n) is 13.2. The van der Waals surface area contributed by atoms with Gasteiger partial charge < -0.3 is 14.8 Å². The second-order valence-corrected chi connectivity index (χ2v) is 13.6. The van der Waals surface area contributed by atoms with Gasteiger partial charge in [-0.1, -0.05) is 12.1 Å². The zero-order valence-electron chi connectivity index (χ0n) is 23.9. The Morgan fingerprint density at radius 1 is 1.17 bits per heavy atom. The van der Waals surface area contributed by atoms with Crippen LogP contribution in [0.1, 0.15) is 45.7 Å². The average molecular weight is 627 g/mol. The van der Waals surface area contributed by atoms with Crippen LogP contribution in [0.25, 0.3) is 0 Å². The molecule has 2 aromatic carbocycles. The first kappa shape index (κ1) is 31.7. The highest BCUT2D eigenvalue weighted by Crippen LogP contribution is 2.32. The third kappa shape index (κ3) is 7.05. The summed E-state index contributed by atoms with van der Waals surface area (Å²) >= 11 is 0.980. The number of rotatable bonds is 10. The van der Waals surface area contributed by atoms with E-state index in [0.29, 0.717) is 37.4 Å². The van der Waals surface area contributed by atoms with Crippen molar-refractivity contribution in [1.82, 2.24) is 9.88 Å². The van der Waals surface area contributed by atoms with Crippen molar-refractivity contribution in [1.29, 1.82) is 0 Å². The van der Waals surface area contributed by atoms with Crippen LogP contribution < -0.4 is 9.62 Å². The van der Waals surface area contributed by atoms with Gasteiger partial charge in [0.25, 0.3) is 10.0 Å². The molecule has 0 saturated carbocycles. The zero-order valence-corrected chi connectivity index (χ0v) is 25.5. The van der Waals surface area contributed by atoms with Gasteiger partial charge in [0.15, 0.2) is 10.7 Å². The molecule has 1 N–H and O–H groups in total. The molecule has 1 saturated heterocycles. The molecule has 228 valence electrons. The van der Waals surface area contributed by atoms with Crippen molar-refractivity contribution >= 4 is 39.0 Å². The zero-order chi connectivity index (χ0) is 30.9. The molecule has 1 aliphatic heterocycles. The van der Waals surface area contributed by atoms with E-state index >= 15 is 8.78 Å². The number of ether oxygens (including phenoxy) is 2. The van der Waals surface area contributed by atoms with Gasteiger partial charge in [-0.2, -0.15) is 0 Å². The minimum Gasteiger partial charge on any atom is -0.443 e. The van der Waals surface area contributed by atoms with Crippen LogP contribution in [0, 0.1) is 17.5 Å². The fourth-order valence-electron chi connectivity index (χ4n) is 4.76. The fourth-order valence-corrected chi connectivity index (χ4v) is 6.71. The topological polar surface area (TPSA) is 101 Å². The third-order valence-electron chi connectivity index (χ3n) is 6.37. The Bertz CT molecular complexity index is 1520. The number of benzene rings is 2. The van der Waals surface area contributed by atoms with Crippen molar-refractivity contribution in [3.05, 3.63) is 69.8 Å². The van der Waals surface area contributed by atoms with Gasteiger partial charge in [0.05, 0.1) is 11.1 Å². The predicted molar refractivity (Wildman–Crippen MR) is 153 cm³/mol. The Labute approximate surface area is 247 Å². The summed E-state index contributed by atoms with van der Waals surface area (Å²) in [6.07, 6.45) is -1.37. The van der Waals surface area contributed by atoms with Crippen molar-refractivity contribution in [2.75, 3.05) is 29.3 Å². The predicted octanol–water partition coefficient (Wildman–Crippen LogP) is 5.91. The quantitative estimate of drug-likeness (QED) is 0.296. The molecule has 0 unspecified atom stereocenters. The Kier molecular flexibility index (Phi) is 9.21. The van der Waals surface area contributed by atoms with Gasteiger partial charge in [-0.15, -0.1) is 15.6 Å². The number of nitrogens with zero attached hydrogens (tertiary/aromatic N) is 3. The molecular weight excluding hydrogens is 593 g/mol. The largest absolute Gasteiger partial charge is 0.443 e. The van der Waals surface area contributed by atoms with Crippen LogP contribution in [-0.2, 0) is 32.6 Å². The molecular formula is C28H33F3N4O5S2. The number of thiazole rings is 1. The molecule has 9 nitrogen and oxygen atoms in total. The van der Waals surface area contributed by atoms with Crippen molar-refractivity contribution in [2.24, 2.45) is 0 Å². The summed E-state index contributed by atoms with van der Waals surface area (Å²) < 4.78 is 83.3. The van der Waals surface area contributed by atoms with E-state index in [0.717, 1.165) is 23.5 Å². The number of carbonyl (C=O) groups excluding carboxylic acids is 1. The SMILES string of the molecule is CCOC1(C)CN(Cc2cccc(F)c2CNc2cc(F)c(S(=O)(=O)N(C(=O)OC(C)(C)C)c3cscn3)c(F)c2)C1. The smallest absolute Gasteiger partial charge is 0.430 e. The van der Waals surface area contributed by atoms with Gasteiger partial charge in [0.2, 0.25) is 0 Å². The summed E-state index contributed by atoms with van der Waals surface area (Å²) in [4.78, 5) is 17.4. The van der Waals surface area contributed by atoms with Gasteiger partial charge in [-0.25, -0.2) is 31.4 Å². The van der Waals surface area contributed by atoms with Crippen LogP contribution in [0.15, 0.2) is 46.1 Å². The number of amides is 1. The molecule has 3 aromatic rings. The highest BCUT2D eigenvalue weighted by atomic mass is 32.2. The summed E-state index contributed by atoms with van der Waals surface area (Å²) in [6, 6.07) is 6.20. The van der Waals surface area contributed by atoms with Crippen LogP contribution in [0.2, 0.25) is 0 Å². The molecule has 4 rings (SSSR count). The van der Waals surface area contributed by atoms with Gasteiger partial charge in [0.1, 0.15) is 23.1 Å². The number of halogens is 3. The minimum absolute atomic E-state index is 0.119. The van der Waals surface area contributed by atoms with E-state index in [9.17, 15) is 17.6 Å². The number of anilines is 2. The van der Waals surface area contributed by atoms with Crippen LogP contribution in [-0.4, -0.2) is 55.3 Å². The highest BCUT2D eigenvalue weighted by Gasteiger charge is 2.40. The Morgan fingerprint density at radius 3 is 2.40 bits per heavy atom. The Hall–Kier alpha value is -3.20. The number of hydrogen-bond donors (Lipinski definition) is 1. The molecule has 0 radical (unpaired) electrons. The Morgan fingerprint density at radius 2 is 1.83 bits per heavy atom. The van der Waals surface area contributed by atoms with Crippen LogP contribution in [0.3, 0.4) is 0 Å².